The maximum Gasteiger partial charge on any atom is 0.267 e. The summed E-state index contributed by atoms with van der Waals surface area (Å²) >= 11 is 1.43. The molecule has 1 amide bonds. The smallest absolute Gasteiger partial charge is 0.267 e. The first-order valence-corrected chi connectivity index (χ1v) is 8.07. The predicted molar refractivity (Wildman–Crippen MR) is 84.4 cm³/mol. The van der Waals surface area contributed by atoms with Gasteiger partial charge in [-0.25, -0.2) is 4.98 Å². The molecule has 1 aliphatic heterocycles. The van der Waals surface area contributed by atoms with Crippen molar-refractivity contribution in [3.8, 4) is 0 Å². The van der Waals surface area contributed by atoms with Crippen LogP contribution in [0.5, 0.6) is 0 Å². The molecule has 20 heavy (non-hydrogen) atoms. The van der Waals surface area contributed by atoms with Gasteiger partial charge in [0.25, 0.3) is 5.91 Å². The van der Waals surface area contributed by atoms with Gasteiger partial charge in [-0.2, -0.15) is 0 Å². The van der Waals surface area contributed by atoms with Crippen LogP contribution in [0.3, 0.4) is 0 Å². The van der Waals surface area contributed by atoms with Gasteiger partial charge in [-0.1, -0.05) is 25.2 Å². The molecule has 0 spiro atoms. The zero-order chi connectivity index (χ0) is 14.7. The number of amides is 1. The molecule has 1 fully saturated rings. The Bertz CT molecular complexity index is 466. The van der Waals surface area contributed by atoms with E-state index in [2.05, 4.69) is 23.7 Å². The molecule has 1 aromatic heterocycles. The van der Waals surface area contributed by atoms with Gasteiger partial charge in [-0.15, -0.1) is 0 Å². The number of nitrogens with zero attached hydrogens (tertiary/aromatic N) is 3. The van der Waals surface area contributed by atoms with Crippen molar-refractivity contribution in [3.05, 3.63) is 4.88 Å². The molecule has 2 rings (SSSR count). The molecular formula is C14H24N4OS. The molecule has 6 heteroatoms. The number of carbonyl (C=O) groups excluding carboxylic acids is 1. The fourth-order valence-corrected chi connectivity index (χ4v) is 3.28. The molecule has 2 N–H and O–H groups in total. The van der Waals surface area contributed by atoms with E-state index in [1.165, 1.54) is 24.2 Å². The summed E-state index contributed by atoms with van der Waals surface area (Å²) in [4.78, 5) is 21.3. The Balaban J connectivity index is 2.05. The molecule has 0 radical (unpaired) electrons. The standard InChI is InChI=1S/C14H24N4OS/c1-10(2)6-9-17(3)13(19)11-12(15)16-14(20-11)18-7-4-5-8-18/h10H,4-9,15H2,1-3H3. The zero-order valence-electron chi connectivity index (χ0n) is 12.6. The van der Waals surface area contributed by atoms with Crippen molar-refractivity contribution in [2.24, 2.45) is 5.92 Å². The summed E-state index contributed by atoms with van der Waals surface area (Å²) in [6.07, 6.45) is 3.38. The molecule has 0 aromatic carbocycles. The van der Waals surface area contributed by atoms with Gasteiger partial charge in [0, 0.05) is 26.7 Å². The molecule has 1 aliphatic rings. The predicted octanol–water partition coefficient (Wildman–Crippen LogP) is 2.44. The van der Waals surface area contributed by atoms with Crippen LogP contribution in [0.4, 0.5) is 10.9 Å². The van der Waals surface area contributed by atoms with E-state index in [0.717, 1.165) is 31.2 Å². The number of carbonyl (C=O) groups is 1. The van der Waals surface area contributed by atoms with E-state index in [1.807, 2.05) is 7.05 Å². The molecule has 0 unspecified atom stereocenters. The third kappa shape index (κ3) is 3.42. The van der Waals surface area contributed by atoms with E-state index in [1.54, 1.807) is 4.90 Å². The molecule has 112 valence electrons. The van der Waals surface area contributed by atoms with Gasteiger partial charge in [0.2, 0.25) is 0 Å². The van der Waals surface area contributed by atoms with Crippen molar-refractivity contribution in [2.45, 2.75) is 33.1 Å². The van der Waals surface area contributed by atoms with E-state index in [4.69, 9.17) is 5.73 Å². The number of hydrogen-bond acceptors (Lipinski definition) is 5. The average molecular weight is 296 g/mol. The van der Waals surface area contributed by atoms with E-state index in [0.29, 0.717) is 16.6 Å². The second kappa shape index (κ2) is 6.43. The first kappa shape index (κ1) is 15.1. The SMILES string of the molecule is CC(C)CCN(C)C(=O)c1sc(N2CCCC2)nc1N. The number of nitrogen functional groups attached to an aromatic ring is 1. The van der Waals surface area contributed by atoms with Gasteiger partial charge in [0.1, 0.15) is 10.7 Å². The average Bonchev–Trinajstić information content (AvgIpc) is 3.03. The maximum absolute atomic E-state index is 12.4. The second-order valence-electron chi connectivity index (χ2n) is 5.81. The summed E-state index contributed by atoms with van der Waals surface area (Å²) in [6, 6.07) is 0. The number of anilines is 2. The molecule has 1 saturated heterocycles. The summed E-state index contributed by atoms with van der Waals surface area (Å²) in [7, 11) is 1.83. The summed E-state index contributed by atoms with van der Waals surface area (Å²) in [5.41, 5.74) is 5.93. The van der Waals surface area contributed by atoms with Crippen LogP contribution in [0.2, 0.25) is 0 Å². The fraction of sp³-hybridized carbons (Fsp3) is 0.714. The summed E-state index contributed by atoms with van der Waals surface area (Å²) < 4.78 is 0. The van der Waals surface area contributed by atoms with E-state index < -0.39 is 0 Å². The van der Waals surface area contributed by atoms with Gasteiger partial charge >= 0.3 is 0 Å². The highest BCUT2D eigenvalue weighted by Crippen LogP contribution is 2.31. The number of hydrogen-bond donors (Lipinski definition) is 1. The van der Waals surface area contributed by atoms with Gasteiger partial charge < -0.3 is 15.5 Å². The zero-order valence-corrected chi connectivity index (χ0v) is 13.4. The first-order chi connectivity index (χ1) is 9.49. The highest BCUT2D eigenvalue weighted by atomic mass is 32.1. The summed E-state index contributed by atoms with van der Waals surface area (Å²) in [6.45, 7) is 7.11. The van der Waals surface area contributed by atoms with Crippen LogP contribution in [0.15, 0.2) is 0 Å². The minimum absolute atomic E-state index is 0.00824. The Kier molecular flexibility index (Phi) is 4.86. The van der Waals surface area contributed by atoms with Crippen LogP contribution >= 0.6 is 11.3 Å². The summed E-state index contributed by atoms with van der Waals surface area (Å²) in [5, 5.41) is 0.889. The van der Waals surface area contributed by atoms with Gasteiger partial charge in [-0.05, 0) is 25.2 Å². The Morgan fingerprint density at radius 3 is 2.70 bits per heavy atom. The number of aromatic nitrogens is 1. The van der Waals surface area contributed by atoms with Crippen molar-refractivity contribution in [3.63, 3.8) is 0 Å². The Labute approximate surface area is 124 Å². The Morgan fingerprint density at radius 1 is 1.45 bits per heavy atom. The number of nitrogens with two attached hydrogens (primary N) is 1. The maximum atomic E-state index is 12.4. The molecule has 0 bridgehead atoms. The van der Waals surface area contributed by atoms with Gasteiger partial charge in [0.15, 0.2) is 5.13 Å². The molecule has 5 nitrogen and oxygen atoms in total. The van der Waals surface area contributed by atoms with Gasteiger partial charge in [0.05, 0.1) is 0 Å². The Hall–Kier alpha value is -1.30. The van der Waals surface area contributed by atoms with E-state index in [-0.39, 0.29) is 5.91 Å². The van der Waals surface area contributed by atoms with Crippen LogP contribution in [-0.4, -0.2) is 42.5 Å². The third-order valence-corrected chi connectivity index (χ3v) is 4.72. The lowest BCUT2D eigenvalue weighted by atomic mass is 10.1. The minimum atomic E-state index is -0.00824. The molecule has 0 aliphatic carbocycles. The fourth-order valence-electron chi connectivity index (χ4n) is 2.24. The van der Waals surface area contributed by atoms with Crippen molar-refractivity contribution in [1.82, 2.24) is 9.88 Å². The van der Waals surface area contributed by atoms with Crippen LogP contribution in [0.25, 0.3) is 0 Å². The molecular weight excluding hydrogens is 272 g/mol. The normalized spacial score (nSPS) is 15.1. The monoisotopic (exact) mass is 296 g/mol. The topological polar surface area (TPSA) is 62.5 Å². The van der Waals surface area contributed by atoms with Crippen molar-refractivity contribution in [2.75, 3.05) is 37.3 Å². The van der Waals surface area contributed by atoms with Crippen LogP contribution in [0, 0.1) is 5.92 Å². The largest absolute Gasteiger partial charge is 0.382 e. The van der Waals surface area contributed by atoms with Crippen LogP contribution < -0.4 is 10.6 Å². The number of rotatable bonds is 5. The van der Waals surface area contributed by atoms with Crippen molar-refractivity contribution < 1.29 is 4.79 Å². The van der Waals surface area contributed by atoms with Gasteiger partial charge in [-0.3, -0.25) is 4.79 Å². The van der Waals surface area contributed by atoms with Crippen LogP contribution in [0.1, 0.15) is 42.8 Å². The van der Waals surface area contributed by atoms with E-state index >= 15 is 0 Å². The lowest BCUT2D eigenvalue weighted by Gasteiger charge is -2.17. The van der Waals surface area contributed by atoms with E-state index in [9.17, 15) is 4.79 Å². The molecule has 0 atom stereocenters. The van der Waals surface area contributed by atoms with Crippen molar-refractivity contribution in [1.29, 1.82) is 0 Å². The highest BCUT2D eigenvalue weighted by Gasteiger charge is 2.23. The molecule has 1 aromatic rings. The summed E-state index contributed by atoms with van der Waals surface area (Å²) in [5.74, 6) is 0.952. The number of thiazole rings is 1. The minimum Gasteiger partial charge on any atom is -0.382 e. The Morgan fingerprint density at radius 2 is 2.10 bits per heavy atom. The molecule has 0 saturated carbocycles. The van der Waals surface area contributed by atoms with Crippen LogP contribution in [-0.2, 0) is 0 Å². The highest BCUT2D eigenvalue weighted by molar-refractivity contribution is 7.18. The first-order valence-electron chi connectivity index (χ1n) is 7.25. The molecule has 2 heterocycles. The lowest BCUT2D eigenvalue weighted by Crippen LogP contribution is -2.28. The quantitative estimate of drug-likeness (QED) is 0.906. The van der Waals surface area contributed by atoms with Crippen molar-refractivity contribution >= 4 is 28.2 Å². The second-order valence-corrected chi connectivity index (χ2v) is 6.79. The lowest BCUT2D eigenvalue weighted by molar-refractivity contribution is 0.0794. The third-order valence-electron chi connectivity index (χ3n) is 3.60.